The smallest absolute Gasteiger partial charge is 0.0537 e. The molecule has 0 spiro atoms. The van der Waals surface area contributed by atoms with E-state index in [1.165, 1.54) is 22.4 Å². The number of aromatic nitrogens is 2. The van der Waals surface area contributed by atoms with Gasteiger partial charge < -0.3 is 5.32 Å². The third-order valence-electron chi connectivity index (χ3n) is 3.77. The van der Waals surface area contributed by atoms with Gasteiger partial charge in [0.05, 0.1) is 6.20 Å². The third-order valence-corrected chi connectivity index (χ3v) is 3.77. The molecule has 3 nitrogen and oxygen atoms in total. The van der Waals surface area contributed by atoms with Gasteiger partial charge in [-0.25, -0.2) is 0 Å². The SMILES string of the molecule is Cc1ccccc1CC(C)NCc1cnn(C)c1C. The molecule has 1 heterocycles. The van der Waals surface area contributed by atoms with Gasteiger partial charge in [-0.15, -0.1) is 0 Å². The molecule has 0 saturated carbocycles. The van der Waals surface area contributed by atoms with Crippen molar-refractivity contribution in [3.05, 3.63) is 52.8 Å². The maximum atomic E-state index is 4.27. The molecular formula is C16H23N3. The van der Waals surface area contributed by atoms with Crippen LogP contribution >= 0.6 is 0 Å². The van der Waals surface area contributed by atoms with Crippen LogP contribution in [-0.2, 0) is 20.0 Å². The van der Waals surface area contributed by atoms with E-state index in [9.17, 15) is 0 Å². The average Bonchev–Trinajstić information content (AvgIpc) is 2.70. The number of aryl methyl sites for hydroxylation is 2. The van der Waals surface area contributed by atoms with Gasteiger partial charge in [-0.05, 0) is 38.3 Å². The Morgan fingerprint density at radius 1 is 1.21 bits per heavy atom. The number of nitrogens with one attached hydrogen (secondary N) is 1. The van der Waals surface area contributed by atoms with Crippen molar-refractivity contribution in [3.8, 4) is 0 Å². The molecular weight excluding hydrogens is 234 g/mol. The molecule has 0 bridgehead atoms. The summed E-state index contributed by atoms with van der Waals surface area (Å²) in [6.45, 7) is 7.40. The van der Waals surface area contributed by atoms with E-state index in [0.717, 1.165) is 13.0 Å². The molecule has 0 amide bonds. The van der Waals surface area contributed by atoms with Crippen molar-refractivity contribution < 1.29 is 0 Å². The second kappa shape index (κ2) is 6.02. The molecule has 2 rings (SSSR count). The molecule has 0 saturated heterocycles. The van der Waals surface area contributed by atoms with Crippen molar-refractivity contribution in [3.63, 3.8) is 0 Å². The number of nitrogens with zero attached hydrogens (tertiary/aromatic N) is 2. The van der Waals surface area contributed by atoms with Gasteiger partial charge in [-0.1, -0.05) is 24.3 Å². The van der Waals surface area contributed by atoms with E-state index in [1.807, 2.05) is 17.9 Å². The summed E-state index contributed by atoms with van der Waals surface area (Å²) >= 11 is 0. The Morgan fingerprint density at radius 2 is 1.95 bits per heavy atom. The van der Waals surface area contributed by atoms with Crippen LogP contribution in [0.4, 0.5) is 0 Å². The van der Waals surface area contributed by atoms with Gasteiger partial charge in [-0.3, -0.25) is 4.68 Å². The minimum absolute atomic E-state index is 0.459. The zero-order valence-corrected chi connectivity index (χ0v) is 12.3. The molecule has 1 unspecified atom stereocenters. The van der Waals surface area contributed by atoms with Crippen LogP contribution in [0.1, 0.15) is 29.3 Å². The van der Waals surface area contributed by atoms with Crippen molar-refractivity contribution in [2.75, 3.05) is 0 Å². The lowest BCUT2D eigenvalue weighted by molar-refractivity contribution is 0.543. The molecule has 0 aliphatic heterocycles. The third kappa shape index (κ3) is 3.44. The molecule has 0 aliphatic rings. The van der Waals surface area contributed by atoms with Gasteiger partial charge in [0, 0.05) is 30.9 Å². The monoisotopic (exact) mass is 257 g/mol. The summed E-state index contributed by atoms with van der Waals surface area (Å²) in [5, 5.41) is 7.84. The maximum absolute atomic E-state index is 4.27. The molecule has 0 aliphatic carbocycles. The molecule has 2 aromatic rings. The Hall–Kier alpha value is -1.61. The second-order valence-corrected chi connectivity index (χ2v) is 5.29. The van der Waals surface area contributed by atoms with Crippen molar-refractivity contribution >= 4 is 0 Å². The first-order valence-electron chi connectivity index (χ1n) is 6.83. The molecule has 1 N–H and O–H groups in total. The summed E-state index contributed by atoms with van der Waals surface area (Å²) in [6.07, 6.45) is 3.01. The van der Waals surface area contributed by atoms with Crippen LogP contribution in [-0.4, -0.2) is 15.8 Å². The lowest BCUT2D eigenvalue weighted by atomic mass is 10.0. The zero-order chi connectivity index (χ0) is 13.8. The standard InChI is InChI=1S/C16H23N3/c1-12-7-5-6-8-15(12)9-13(2)17-10-16-11-18-19(4)14(16)3/h5-8,11,13,17H,9-10H2,1-4H3. The molecule has 19 heavy (non-hydrogen) atoms. The van der Waals surface area contributed by atoms with Crippen molar-refractivity contribution in [2.24, 2.45) is 7.05 Å². The molecule has 1 aromatic carbocycles. The van der Waals surface area contributed by atoms with Crippen LogP contribution in [0.5, 0.6) is 0 Å². The quantitative estimate of drug-likeness (QED) is 0.892. The Kier molecular flexibility index (Phi) is 4.38. The number of benzene rings is 1. The van der Waals surface area contributed by atoms with E-state index < -0.39 is 0 Å². The predicted molar refractivity (Wildman–Crippen MR) is 79.1 cm³/mol. The first-order chi connectivity index (χ1) is 9.08. The van der Waals surface area contributed by atoms with E-state index >= 15 is 0 Å². The summed E-state index contributed by atoms with van der Waals surface area (Å²) in [7, 11) is 1.98. The normalized spacial score (nSPS) is 12.6. The minimum Gasteiger partial charge on any atom is -0.310 e. The van der Waals surface area contributed by atoms with Crippen LogP contribution in [0.25, 0.3) is 0 Å². The van der Waals surface area contributed by atoms with E-state index in [0.29, 0.717) is 6.04 Å². The lowest BCUT2D eigenvalue weighted by Gasteiger charge is -2.15. The average molecular weight is 257 g/mol. The van der Waals surface area contributed by atoms with E-state index in [-0.39, 0.29) is 0 Å². The highest BCUT2D eigenvalue weighted by Crippen LogP contribution is 2.11. The number of hydrogen-bond donors (Lipinski definition) is 1. The molecule has 1 atom stereocenters. The van der Waals surface area contributed by atoms with Gasteiger partial charge in [0.25, 0.3) is 0 Å². The topological polar surface area (TPSA) is 29.9 Å². The first kappa shape index (κ1) is 13.8. The summed E-state index contributed by atoms with van der Waals surface area (Å²) in [6, 6.07) is 9.05. The highest BCUT2D eigenvalue weighted by atomic mass is 15.3. The van der Waals surface area contributed by atoms with Crippen molar-refractivity contribution in [1.29, 1.82) is 0 Å². The molecule has 1 aromatic heterocycles. The van der Waals surface area contributed by atoms with Crippen molar-refractivity contribution in [1.82, 2.24) is 15.1 Å². The summed E-state index contributed by atoms with van der Waals surface area (Å²) in [4.78, 5) is 0. The highest BCUT2D eigenvalue weighted by Gasteiger charge is 2.08. The van der Waals surface area contributed by atoms with Gasteiger partial charge in [0.15, 0.2) is 0 Å². The second-order valence-electron chi connectivity index (χ2n) is 5.29. The zero-order valence-electron chi connectivity index (χ0n) is 12.3. The fourth-order valence-electron chi connectivity index (χ4n) is 2.24. The first-order valence-corrected chi connectivity index (χ1v) is 6.83. The summed E-state index contributed by atoms with van der Waals surface area (Å²) in [5.74, 6) is 0. The minimum atomic E-state index is 0.459. The molecule has 102 valence electrons. The highest BCUT2D eigenvalue weighted by molar-refractivity contribution is 5.26. The number of hydrogen-bond acceptors (Lipinski definition) is 2. The van der Waals surface area contributed by atoms with Gasteiger partial charge >= 0.3 is 0 Å². The fraction of sp³-hybridized carbons (Fsp3) is 0.438. The number of rotatable bonds is 5. The van der Waals surface area contributed by atoms with Crippen LogP contribution in [0.15, 0.2) is 30.5 Å². The van der Waals surface area contributed by atoms with E-state index in [1.54, 1.807) is 0 Å². The lowest BCUT2D eigenvalue weighted by Crippen LogP contribution is -2.28. The maximum Gasteiger partial charge on any atom is 0.0537 e. The predicted octanol–water partition coefficient (Wildman–Crippen LogP) is 2.76. The van der Waals surface area contributed by atoms with Crippen LogP contribution in [0.2, 0.25) is 0 Å². The Labute approximate surface area is 115 Å². The molecule has 3 heteroatoms. The van der Waals surface area contributed by atoms with Gasteiger partial charge in [-0.2, -0.15) is 5.10 Å². The van der Waals surface area contributed by atoms with Crippen LogP contribution in [0.3, 0.4) is 0 Å². The Morgan fingerprint density at radius 3 is 2.58 bits per heavy atom. The fourth-order valence-corrected chi connectivity index (χ4v) is 2.24. The van der Waals surface area contributed by atoms with Crippen molar-refractivity contribution in [2.45, 2.75) is 39.8 Å². The van der Waals surface area contributed by atoms with Gasteiger partial charge in [0.1, 0.15) is 0 Å². The largest absolute Gasteiger partial charge is 0.310 e. The summed E-state index contributed by atoms with van der Waals surface area (Å²) in [5.41, 5.74) is 5.30. The Balaban J connectivity index is 1.90. The Bertz CT molecular complexity index is 543. The van der Waals surface area contributed by atoms with E-state index in [2.05, 4.69) is 55.5 Å². The molecule has 0 fully saturated rings. The molecule has 0 radical (unpaired) electrons. The summed E-state index contributed by atoms with van der Waals surface area (Å²) < 4.78 is 1.92. The van der Waals surface area contributed by atoms with Gasteiger partial charge in [0.2, 0.25) is 0 Å². The van der Waals surface area contributed by atoms with Crippen LogP contribution in [0, 0.1) is 13.8 Å². The van der Waals surface area contributed by atoms with Crippen LogP contribution < -0.4 is 5.32 Å². The van der Waals surface area contributed by atoms with E-state index in [4.69, 9.17) is 0 Å².